The molecule has 1 heterocycles. The van der Waals surface area contributed by atoms with Crippen molar-refractivity contribution in [1.29, 1.82) is 0 Å². The Kier molecular flexibility index (Phi) is 2.86. The van der Waals surface area contributed by atoms with E-state index in [0.29, 0.717) is 18.3 Å². The summed E-state index contributed by atoms with van der Waals surface area (Å²) < 4.78 is 4.81. The molecule has 0 aliphatic rings. The Morgan fingerprint density at radius 2 is 2.06 bits per heavy atom. The summed E-state index contributed by atoms with van der Waals surface area (Å²) in [6.07, 6.45) is 0. The summed E-state index contributed by atoms with van der Waals surface area (Å²) in [4.78, 5) is 14.6. The maximum Gasteiger partial charge on any atom is 0.299 e. The van der Waals surface area contributed by atoms with Crippen molar-refractivity contribution < 1.29 is 9.53 Å². The van der Waals surface area contributed by atoms with Gasteiger partial charge in [0.1, 0.15) is 0 Å². The van der Waals surface area contributed by atoms with Gasteiger partial charge in [0.25, 0.3) is 6.47 Å². The summed E-state index contributed by atoms with van der Waals surface area (Å²) in [6, 6.07) is 9.67. The number of pyridine rings is 1. The Bertz CT molecular complexity index is 520. The maximum absolute atomic E-state index is 10.3. The highest BCUT2D eigenvalue weighted by Crippen LogP contribution is 2.27. The molecule has 16 heavy (non-hydrogen) atoms. The van der Waals surface area contributed by atoms with Gasteiger partial charge in [0.2, 0.25) is 5.88 Å². The van der Waals surface area contributed by atoms with Gasteiger partial charge in [-0.3, -0.25) is 4.79 Å². The van der Waals surface area contributed by atoms with E-state index in [4.69, 9.17) is 4.74 Å². The van der Waals surface area contributed by atoms with E-state index in [1.165, 1.54) is 0 Å². The molecule has 82 valence electrons. The van der Waals surface area contributed by atoms with Crippen LogP contribution in [0.4, 0.5) is 0 Å². The van der Waals surface area contributed by atoms with Gasteiger partial charge in [-0.15, -0.1) is 0 Å². The van der Waals surface area contributed by atoms with Crippen LogP contribution in [0.1, 0.15) is 25.3 Å². The molecule has 2 rings (SSSR count). The number of nitrogens with zero attached hydrogens (tertiary/aromatic N) is 1. The number of para-hydroxylation sites is 1. The van der Waals surface area contributed by atoms with E-state index in [2.05, 4.69) is 18.8 Å². The fourth-order valence-corrected chi connectivity index (χ4v) is 1.76. The van der Waals surface area contributed by atoms with E-state index in [0.717, 1.165) is 16.5 Å². The Balaban J connectivity index is 2.68. The lowest BCUT2D eigenvalue weighted by molar-refractivity contribution is -0.120. The summed E-state index contributed by atoms with van der Waals surface area (Å²) in [7, 11) is 0. The minimum absolute atomic E-state index is 0.359. The summed E-state index contributed by atoms with van der Waals surface area (Å²) in [5.74, 6) is 0.722. The van der Waals surface area contributed by atoms with Gasteiger partial charge in [-0.25, -0.2) is 4.98 Å². The molecule has 0 radical (unpaired) electrons. The zero-order valence-corrected chi connectivity index (χ0v) is 9.31. The monoisotopic (exact) mass is 215 g/mol. The highest BCUT2D eigenvalue weighted by Gasteiger charge is 2.08. The molecule has 0 aliphatic carbocycles. The van der Waals surface area contributed by atoms with Crippen molar-refractivity contribution in [3.63, 3.8) is 0 Å². The van der Waals surface area contributed by atoms with Crippen molar-refractivity contribution in [1.82, 2.24) is 4.98 Å². The van der Waals surface area contributed by atoms with E-state index >= 15 is 0 Å². The molecule has 1 aromatic carbocycles. The van der Waals surface area contributed by atoms with Crippen molar-refractivity contribution in [2.45, 2.75) is 19.8 Å². The second-order valence-electron chi connectivity index (χ2n) is 3.94. The molecule has 0 bridgehead atoms. The number of carbonyl (C=O) groups is 1. The van der Waals surface area contributed by atoms with Gasteiger partial charge < -0.3 is 4.74 Å². The van der Waals surface area contributed by atoms with Crippen molar-refractivity contribution in [2.75, 3.05) is 0 Å². The topological polar surface area (TPSA) is 39.2 Å². The summed E-state index contributed by atoms with van der Waals surface area (Å²) in [6.45, 7) is 4.61. The number of carbonyl (C=O) groups excluding carboxylic acids is 1. The first-order chi connectivity index (χ1) is 7.72. The average Bonchev–Trinajstić information content (AvgIpc) is 2.28. The predicted molar refractivity (Wildman–Crippen MR) is 62.5 cm³/mol. The smallest absolute Gasteiger partial charge is 0.299 e. The number of aromatic nitrogens is 1. The fraction of sp³-hybridized carbons (Fsp3) is 0.231. The molecule has 0 unspecified atom stereocenters. The third kappa shape index (κ3) is 1.89. The van der Waals surface area contributed by atoms with Crippen LogP contribution < -0.4 is 4.74 Å². The first kappa shape index (κ1) is 10.6. The quantitative estimate of drug-likeness (QED) is 0.739. The minimum atomic E-state index is 0.359. The molecule has 0 atom stereocenters. The van der Waals surface area contributed by atoms with Crippen LogP contribution in [0.5, 0.6) is 5.88 Å². The molecule has 2 aromatic rings. The third-order valence-electron chi connectivity index (χ3n) is 2.52. The molecule has 0 saturated carbocycles. The molecule has 0 amide bonds. The summed E-state index contributed by atoms with van der Waals surface area (Å²) in [5, 5.41) is 1.11. The van der Waals surface area contributed by atoms with Crippen molar-refractivity contribution in [3.8, 4) is 5.88 Å². The largest absolute Gasteiger partial charge is 0.410 e. The number of ether oxygens (including phenoxy) is 1. The molecule has 0 saturated heterocycles. The summed E-state index contributed by atoms with van der Waals surface area (Å²) in [5.41, 5.74) is 1.99. The number of hydrogen-bond acceptors (Lipinski definition) is 3. The van der Waals surface area contributed by atoms with Gasteiger partial charge in [-0.1, -0.05) is 32.0 Å². The number of rotatable bonds is 3. The fourth-order valence-electron chi connectivity index (χ4n) is 1.76. The molecule has 3 nitrogen and oxygen atoms in total. The van der Waals surface area contributed by atoms with Crippen LogP contribution >= 0.6 is 0 Å². The van der Waals surface area contributed by atoms with Gasteiger partial charge in [0.05, 0.1) is 5.52 Å². The van der Waals surface area contributed by atoms with Crippen molar-refractivity contribution >= 4 is 17.4 Å². The second-order valence-corrected chi connectivity index (χ2v) is 3.94. The second kappa shape index (κ2) is 4.31. The van der Waals surface area contributed by atoms with Gasteiger partial charge in [-0.2, -0.15) is 0 Å². The Morgan fingerprint density at radius 1 is 1.31 bits per heavy atom. The molecule has 0 fully saturated rings. The third-order valence-corrected chi connectivity index (χ3v) is 2.52. The lowest BCUT2D eigenvalue weighted by Gasteiger charge is -2.10. The Labute approximate surface area is 94.1 Å². The predicted octanol–water partition coefficient (Wildman–Crippen LogP) is 2.89. The zero-order valence-electron chi connectivity index (χ0n) is 9.31. The highest BCUT2D eigenvalue weighted by atomic mass is 16.5. The van der Waals surface area contributed by atoms with Crippen molar-refractivity contribution in [3.05, 3.63) is 35.9 Å². The number of hydrogen-bond donors (Lipinski definition) is 0. The molecule has 0 spiro atoms. The molecule has 0 aliphatic heterocycles. The molecular weight excluding hydrogens is 202 g/mol. The number of benzene rings is 1. The zero-order chi connectivity index (χ0) is 11.5. The number of fused-ring (bicyclic) bond motifs is 1. The lowest BCUT2D eigenvalue weighted by atomic mass is 9.99. The van der Waals surface area contributed by atoms with E-state index in [9.17, 15) is 4.79 Å². The molecule has 1 aromatic heterocycles. The van der Waals surface area contributed by atoms with Crippen LogP contribution in [-0.2, 0) is 4.79 Å². The van der Waals surface area contributed by atoms with Gasteiger partial charge in [0, 0.05) is 11.5 Å². The van der Waals surface area contributed by atoms with E-state index in [1.807, 2.05) is 30.3 Å². The average molecular weight is 215 g/mol. The standard InChI is InChI=1S/C13H13NO2/c1-9(2)11-7-13(16-8-15)14-12-6-4-3-5-10(11)12/h3-9H,1-2H3. The van der Waals surface area contributed by atoms with Crippen LogP contribution in [0, 0.1) is 0 Å². The van der Waals surface area contributed by atoms with Crippen LogP contribution in [0.2, 0.25) is 0 Å². The SMILES string of the molecule is CC(C)c1cc(OC=O)nc2ccccc12. The van der Waals surface area contributed by atoms with Crippen LogP contribution in [0.3, 0.4) is 0 Å². The van der Waals surface area contributed by atoms with E-state index in [1.54, 1.807) is 0 Å². The van der Waals surface area contributed by atoms with Crippen molar-refractivity contribution in [2.24, 2.45) is 0 Å². The van der Waals surface area contributed by atoms with Gasteiger partial charge in [-0.05, 0) is 17.5 Å². The highest BCUT2D eigenvalue weighted by molar-refractivity contribution is 5.83. The minimum Gasteiger partial charge on any atom is -0.410 e. The van der Waals surface area contributed by atoms with Crippen LogP contribution in [0.25, 0.3) is 10.9 Å². The molecular formula is C13H13NO2. The first-order valence-corrected chi connectivity index (χ1v) is 5.22. The van der Waals surface area contributed by atoms with Crippen LogP contribution in [0.15, 0.2) is 30.3 Å². The first-order valence-electron chi connectivity index (χ1n) is 5.22. The maximum atomic E-state index is 10.3. The van der Waals surface area contributed by atoms with E-state index in [-0.39, 0.29) is 0 Å². The lowest BCUT2D eigenvalue weighted by Crippen LogP contribution is -1.97. The van der Waals surface area contributed by atoms with Gasteiger partial charge >= 0.3 is 0 Å². The Hall–Kier alpha value is -1.90. The van der Waals surface area contributed by atoms with Gasteiger partial charge in [0.15, 0.2) is 0 Å². The van der Waals surface area contributed by atoms with E-state index < -0.39 is 0 Å². The molecule has 0 N–H and O–H groups in total. The van der Waals surface area contributed by atoms with Crippen LogP contribution in [-0.4, -0.2) is 11.5 Å². The Morgan fingerprint density at radius 3 is 2.75 bits per heavy atom. The normalized spacial score (nSPS) is 10.7. The summed E-state index contributed by atoms with van der Waals surface area (Å²) >= 11 is 0. The molecule has 3 heteroatoms.